The first-order valence-corrected chi connectivity index (χ1v) is 8.42. The number of carbonyl (C=O) groups is 1. The lowest BCUT2D eigenvalue weighted by atomic mass is 10.3. The second-order valence-corrected chi connectivity index (χ2v) is 6.58. The summed E-state index contributed by atoms with van der Waals surface area (Å²) in [5.41, 5.74) is 0.439. The van der Waals surface area contributed by atoms with Gasteiger partial charge in [0, 0.05) is 5.69 Å². The summed E-state index contributed by atoms with van der Waals surface area (Å²) < 4.78 is 54.9. The van der Waals surface area contributed by atoms with Crippen LogP contribution in [0.2, 0.25) is 5.15 Å². The Labute approximate surface area is 146 Å². The molecule has 2 aromatic rings. The number of amides is 2. The Kier molecular flexibility index (Phi) is 5.69. The summed E-state index contributed by atoms with van der Waals surface area (Å²) in [6.07, 6.45) is 0. The number of para-hydroxylation sites is 1. The normalized spacial score (nSPS) is 11.2. The smallest absolute Gasteiger partial charge is 0.387 e. The van der Waals surface area contributed by atoms with Gasteiger partial charge in [-0.25, -0.2) is 27.9 Å². The fraction of sp³-hybridized carbons (Fsp3) is 0.154. The first-order chi connectivity index (χ1) is 11.7. The lowest BCUT2D eigenvalue weighted by Crippen LogP contribution is -2.35. The van der Waals surface area contributed by atoms with Crippen molar-refractivity contribution in [2.24, 2.45) is 0 Å². The van der Waals surface area contributed by atoms with Crippen LogP contribution in [0.3, 0.4) is 0 Å². The van der Waals surface area contributed by atoms with Gasteiger partial charge in [-0.05, 0) is 25.1 Å². The van der Waals surface area contributed by atoms with E-state index < -0.39 is 33.3 Å². The number of sulfonamides is 1. The summed E-state index contributed by atoms with van der Waals surface area (Å²) in [4.78, 5) is 18.8. The molecule has 0 bridgehead atoms. The Morgan fingerprint density at radius 2 is 1.96 bits per heavy atom. The van der Waals surface area contributed by atoms with Crippen molar-refractivity contribution in [2.45, 2.75) is 18.4 Å². The predicted octanol–water partition coefficient (Wildman–Crippen LogP) is 2.55. The zero-order chi connectivity index (χ0) is 18.6. The van der Waals surface area contributed by atoms with Crippen molar-refractivity contribution in [3.8, 4) is 5.75 Å². The number of aryl methyl sites for hydroxylation is 1. The second kappa shape index (κ2) is 7.57. The molecule has 8 nitrogen and oxygen atoms in total. The molecule has 0 aliphatic heterocycles. The molecule has 0 atom stereocenters. The molecule has 2 N–H and O–H groups in total. The third kappa shape index (κ3) is 5.22. The third-order valence-electron chi connectivity index (χ3n) is 2.63. The maximum Gasteiger partial charge on any atom is 0.387 e. The highest BCUT2D eigenvalue weighted by atomic mass is 35.5. The molecule has 0 fully saturated rings. The van der Waals surface area contributed by atoms with E-state index in [1.807, 2.05) is 0 Å². The van der Waals surface area contributed by atoms with Gasteiger partial charge in [0.25, 0.3) is 10.0 Å². The van der Waals surface area contributed by atoms with Gasteiger partial charge in [-0.2, -0.15) is 8.78 Å². The van der Waals surface area contributed by atoms with Gasteiger partial charge in [0.2, 0.25) is 5.95 Å². The topological polar surface area (TPSA) is 110 Å². The van der Waals surface area contributed by atoms with Crippen LogP contribution < -0.4 is 14.8 Å². The number of ether oxygens (including phenoxy) is 1. The summed E-state index contributed by atoms with van der Waals surface area (Å²) in [6.45, 7) is -1.64. The fourth-order valence-corrected chi connectivity index (χ4v) is 3.04. The van der Waals surface area contributed by atoms with Crippen molar-refractivity contribution in [1.82, 2.24) is 14.7 Å². The summed E-state index contributed by atoms with van der Waals surface area (Å²) in [6, 6.07) is 4.86. The average molecular weight is 393 g/mol. The van der Waals surface area contributed by atoms with Gasteiger partial charge in [0.1, 0.15) is 15.8 Å². The van der Waals surface area contributed by atoms with Crippen LogP contribution in [0, 0.1) is 6.92 Å². The lowest BCUT2D eigenvalue weighted by molar-refractivity contribution is -0.0517. The largest absolute Gasteiger partial charge is 0.433 e. The fourth-order valence-electron chi connectivity index (χ4n) is 1.76. The summed E-state index contributed by atoms with van der Waals surface area (Å²) in [5, 5.41) is 2.13. The third-order valence-corrected chi connectivity index (χ3v) is 4.19. The summed E-state index contributed by atoms with van der Waals surface area (Å²) in [7, 11) is -4.49. The predicted molar refractivity (Wildman–Crippen MR) is 84.2 cm³/mol. The molecule has 1 heterocycles. The molecule has 12 heteroatoms. The molecule has 0 saturated heterocycles. The number of halogens is 3. The first kappa shape index (κ1) is 18.8. The van der Waals surface area contributed by atoms with E-state index in [2.05, 4.69) is 20.0 Å². The molecule has 0 aliphatic rings. The molecule has 0 aliphatic carbocycles. The van der Waals surface area contributed by atoms with Crippen LogP contribution in [-0.2, 0) is 10.0 Å². The standard InChI is InChI=1S/C13H11ClF2N4O4S/c1-7-6-10(14)18-12(17-7)19-13(21)20-25(22,23)9-5-3-2-4-8(9)24-11(15)16/h2-6,11H,1H3,(H2,17,18,19,20,21). The number of benzene rings is 1. The first-order valence-electron chi connectivity index (χ1n) is 6.56. The summed E-state index contributed by atoms with van der Waals surface area (Å²) >= 11 is 5.70. The van der Waals surface area contributed by atoms with E-state index >= 15 is 0 Å². The number of carbonyl (C=O) groups excluding carboxylic acids is 1. The van der Waals surface area contributed by atoms with Crippen LogP contribution in [0.1, 0.15) is 5.69 Å². The highest BCUT2D eigenvalue weighted by Crippen LogP contribution is 2.24. The molecule has 1 aromatic heterocycles. The number of anilines is 1. The molecule has 0 radical (unpaired) electrons. The molecular formula is C13H11ClF2N4O4S. The van der Waals surface area contributed by atoms with Crippen LogP contribution in [0.25, 0.3) is 0 Å². The van der Waals surface area contributed by atoms with Crippen molar-refractivity contribution < 1.29 is 26.7 Å². The maximum absolute atomic E-state index is 12.4. The van der Waals surface area contributed by atoms with E-state index in [1.165, 1.54) is 18.2 Å². The number of rotatable bonds is 5. The SMILES string of the molecule is Cc1cc(Cl)nc(NC(=O)NS(=O)(=O)c2ccccc2OC(F)F)n1. The maximum atomic E-state index is 12.4. The van der Waals surface area contributed by atoms with Crippen molar-refractivity contribution in [2.75, 3.05) is 5.32 Å². The van der Waals surface area contributed by atoms with Gasteiger partial charge < -0.3 is 4.74 Å². The van der Waals surface area contributed by atoms with E-state index in [4.69, 9.17) is 11.6 Å². The minimum Gasteiger partial charge on any atom is -0.433 e. The van der Waals surface area contributed by atoms with E-state index in [-0.39, 0.29) is 11.1 Å². The van der Waals surface area contributed by atoms with Crippen LogP contribution in [-0.4, -0.2) is 31.0 Å². The highest BCUT2D eigenvalue weighted by Gasteiger charge is 2.24. The highest BCUT2D eigenvalue weighted by molar-refractivity contribution is 7.90. The van der Waals surface area contributed by atoms with Crippen LogP contribution in [0.4, 0.5) is 19.5 Å². The number of aromatic nitrogens is 2. The summed E-state index contributed by atoms with van der Waals surface area (Å²) in [5.74, 6) is -0.831. The molecule has 0 spiro atoms. The molecule has 25 heavy (non-hydrogen) atoms. The Morgan fingerprint density at radius 1 is 1.28 bits per heavy atom. The van der Waals surface area contributed by atoms with Crippen molar-refractivity contribution >= 4 is 33.6 Å². The molecule has 0 unspecified atom stereocenters. The van der Waals surface area contributed by atoms with Gasteiger partial charge >= 0.3 is 12.6 Å². The van der Waals surface area contributed by atoms with Gasteiger partial charge in [-0.3, -0.25) is 5.32 Å². The second-order valence-electron chi connectivity index (χ2n) is 4.54. The van der Waals surface area contributed by atoms with Crippen molar-refractivity contribution in [3.63, 3.8) is 0 Å². The van der Waals surface area contributed by atoms with Gasteiger partial charge in [-0.15, -0.1) is 0 Å². The van der Waals surface area contributed by atoms with Crippen LogP contribution >= 0.6 is 11.6 Å². The number of nitrogens with one attached hydrogen (secondary N) is 2. The van der Waals surface area contributed by atoms with E-state index in [0.29, 0.717) is 5.69 Å². The number of nitrogens with zero attached hydrogens (tertiary/aromatic N) is 2. The molecule has 2 rings (SSSR count). The minimum atomic E-state index is -4.49. The molecule has 134 valence electrons. The Morgan fingerprint density at radius 3 is 2.60 bits per heavy atom. The van der Waals surface area contributed by atoms with Crippen molar-refractivity contribution in [1.29, 1.82) is 0 Å². The zero-order valence-corrected chi connectivity index (χ0v) is 14.1. The minimum absolute atomic E-state index is 0.0429. The Balaban J connectivity index is 2.19. The number of alkyl halides is 2. The van der Waals surface area contributed by atoms with Gasteiger partial charge in [0.15, 0.2) is 0 Å². The van der Waals surface area contributed by atoms with Gasteiger partial charge in [0.05, 0.1) is 0 Å². The quantitative estimate of drug-likeness (QED) is 0.756. The Bertz CT molecular complexity index is 875. The van der Waals surface area contributed by atoms with E-state index in [0.717, 1.165) is 12.1 Å². The zero-order valence-electron chi connectivity index (χ0n) is 12.5. The average Bonchev–Trinajstić information content (AvgIpc) is 2.44. The lowest BCUT2D eigenvalue weighted by Gasteiger charge is -2.12. The van der Waals surface area contributed by atoms with Crippen LogP contribution in [0.15, 0.2) is 35.2 Å². The molecule has 2 amide bonds. The Hall–Kier alpha value is -2.53. The molecular weight excluding hydrogens is 382 g/mol. The van der Waals surface area contributed by atoms with Gasteiger partial charge in [-0.1, -0.05) is 23.7 Å². The molecule has 0 saturated carbocycles. The number of hydrogen-bond donors (Lipinski definition) is 2. The number of urea groups is 1. The van der Waals surface area contributed by atoms with E-state index in [1.54, 1.807) is 11.6 Å². The van der Waals surface area contributed by atoms with Crippen LogP contribution in [0.5, 0.6) is 5.75 Å². The van der Waals surface area contributed by atoms with E-state index in [9.17, 15) is 22.0 Å². The monoisotopic (exact) mass is 392 g/mol. The number of hydrogen-bond acceptors (Lipinski definition) is 6. The molecule has 1 aromatic carbocycles. The van der Waals surface area contributed by atoms with Crippen molar-refractivity contribution in [3.05, 3.63) is 41.2 Å².